The Hall–Kier alpha value is -0.850. The summed E-state index contributed by atoms with van der Waals surface area (Å²) in [6.45, 7) is 3.98. The Bertz CT molecular complexity index is 520. The van der Waals surface area contributed by atoms with E-state index in [4.69, 9.17) is 11.6 Å². The predicted molar refractivity (Wildman–Crippen MR) is 78.1 cm³/mol. The summed E-state index contributed by atoms with van der Waals surface area (Å²) in [5.41, 5.74) is 0. The number of sulfonamides is 1. The molecule has 1 aromatic heterocycles. The lowest BCUT2D eigenvalue weighted by molar-refractivity contribution is 0.512. The van der Waals surface area contributed by atoms with Gasteiger partial charge in [0.15, 0.2) is 0 Å². The lowest BCUT2D eigenvalue weighted by Crippen LogP contribution is -2.34. The smallest absolute Gasteiger partial charge is 0.242 e. The van der Waals surface area contributed by atoms with E-state index in [1.807, 2.05) is 13.8 Å². The zero-order chi connectivity index (χ0) is 14.5. The van der Waals surface area contributed by atoms with E-state index in [9.17, 15) is 8.42 Å². The van der Waals surface area contributed by atoms with E-state index < -0.39 is 10.0 Å². The number of aromatic nitrogens is 1. The van der Waals surface area contributed by atoms with Crippen molar-refractivity contribution < 1.29 is 8.42 Å². The molecule has 1 rings (SSSR count). The minimum absolute atomic E-state index is 0.0576. The standard InChI is InChI=1S/C12H20ClN3O2S/c1-4-6-9(5-2)16-19(17,18)10-7-11(13)12(14-3)15-8-10/h7-9,16H,4-6H2,1-3H3,(H,14,15). The molecule has 1 unspecified atom stereocenters. The van der Waals surface area contributed by atoms with Crippen LogP contribution in [0, 0.1) is 0 Å². The Morgan fingerprint density at radius 3 is 2.58 bits per heavy atom. The molecule has 0 fully saturated rings. The first-order chi connectivity index (χ1) is 8.94. The molecule has 0 aliphatic carbocycles. The van der Waals surface area contributed by atoms with Gasteiger partial charge in [0, 0.05) is 19.3 Å². The van der Waals surface area contributed by atoms with Crippen LogP contribution in [0.4, 0.5) is 5.82 Å². The van der Waals surface area contributed by atoms with E-state index >= 15 is 0 Å². The van der Waals surface area contributed by atoms with E-state index in [2.05, 4.69) is 15.0 Å². The summed E-state index contributed by atoms with van der Waals surface area (Å²) in [7, 11) is -1.89. The number of nitrogens with one attached hydrogen (secondary N) is 2. The lowest BCUT2D eigenvalue weighted by atomic mass is 10.1. The third-order valence-electron chi connectivity index (χ3n) is 2.81. The molecule has 0 saturated carbocycles. The van der Waals surface area contributed by atoms with Crippen molar-refractivity contribution in [2.45, 2.75) is 44.0 Å². The summed E-state index contributed by atoms with van der Waals surface area (Å²) in [5.74, 6) is 0.459. The van der Waals surface area contributed by atoms with Gasteiger partial charge < -0.3 is 5.32 Å². The highest BCUT2D eigenvalue weighted by Crippen LogP contribution is 2.22. The fraction of sp³-hybridized carbons (Fsp3) is 0.583. The van der Waals surface area contributed by atoms with Gasteiger partial charge in [0.05, 0.1) is 5.02 Å². The molecule has 0 radical (unpaired) electrons. The maximum atomic E-state index is 12.2. The maximum absolute atomic E-state index is 12.2. The molecule has 7 heteroatoms. The third-order valence-corrected chi connectivity index (χ3v) is 4.59. The summed E-state index contributed by atoms with van der Waals surface area (Å²) in [6.07, 6.45) is 3.80. The Morgan fingerprint density at radius 2 is 2.11 bits per heavy atom. The average Bonchev–Trinajstić information content (AvgIpc) is 2.37. The molecule has 2 N–H and O–H groups in total. The number of halogens is 1. The minimum Gasteiger partial charge on any atom is -0.372 e. The van der Waals surface area contributed by atoms with Crippen molar-refractivity contribution in [2.75, 3.05) is 12.4 Å². The van der Waals surface area contributed by atoms with Crippen LogP contribution in [0.5, 0.6) is 0 Å². The van der Waals surface area contributed by atoms with Crippen LogP contribution in [0.25, 0.3) is 0 Å². The Morgan fingerprint density at radius 1 is 1.42 bits per heavy atom. The van der Waals surface area contributed by atoms with Crippen LogP contribution in [0.1, 0.15) is 33.1 Å². The van der Waals surface area contributed by atoms with Crippen LogP contribution < -0.4 is 10.0 Å². The van der Waals surface area contributed by atoms with Gasteiger partial charge in [0.2, 0.25) is 10.0 Å². The Labute approximate surface area is 119 Å². The van der Waals surface area contributed by atoms with Gasteiger partial charge in [-0.05, 0) is 18.9 Å². The van der Waals surface area contributed by atoms with Gasteiger partial charge in [0.25, 0.3) is 0 Å². The van der Waals surface area contributed by atoms with E-state index in [1.165, 1.54) is 12.3 Å². The second-order valence-corrected chi connectivity index (χ2v) is 6.39. The van der Waals surface area contributed by atoms with Crippen LogP contribution in [0.2, 0.25) is 5.02 Å². The first-order valence-electron chi connectivity index (χ1n) is 6.30. The largest absolute Gasteiger partial charge is 0.372 e. The van der Waals surface area contributed by atoms with Crippen molar-refractivity contribution >= 4 is 27.4 Å². The molecule has 0 aromatic carbocycles. The number of nitrogens with zero attached hydrogens (tertiary/aromatic N) is 1. The first-order valence-corrected chi connectivity index (χ1v) is 8.16. The highest BCUT2D eigenvalue weighted by molar-refractivity contribution is 7.89. The number of rotatable bonds is 7. The van der Waals surface area contributed by atoms with Gasteiger partial charge in [-0.2, -0.15) is 0 Å². The van der Waals surface area contributed by atoms with Crippen molar-refractivity contribution in [3.63, 3.8) is 0 Å². The minimum atomic E-state index is -3.57. The number of hydrogen-bond acceptors (Lipinski definition) is 4. The van der Waals surface area contributed by atoms with Gasteiger partial charge in [-0.3, -0.25) is 0 Å². The lowest BCUT2D eigenvalue weighted by Gasteiger charge is -2.16. The molecule has 19 heavy (non-hydrogen) atoms. The molecule has 0 aliphatic rings. The van der Waals surface area contributed by atoms with Crippen molar-refractivity contribution in [3.05, 3.63) is 17.3 Å². The van der Waals surface area contributed by atoms with Gasteiger partial charge in [0.1, 0.15) is 10.7 Å². The fourth-order valence-electron chi connectivity index (χ4n) is 1.73. The van der Waals surface area contributed by atoms with E-state index in [0.717, 1.165) is 19.3 Å². The van der Waals surface area contributed by atoms with Crippen LogP contribution in [0.3, 0.4) is 0 Å². The van der Waals surface area contributed by atoms with Crippen molar-refractivity contribution in [2.24, 2.45) is 0 Å². The Balaban J connectivity index is 2.96. The maximum Gasteiger partial charge on any atom is 0.242 e. The number of hydrogen-bond donors (Lipinski definition) is 2. The van der Waals surface area contributed by atoms with Crippen LogP contribution in [-0.2, 0) is 10.0 Å². The third kappa shape index (κ3) is 4.33. The molecular formula is C12H20ClN3O2S. The quantitative estimate of drug-likeness (QED) is 0.812. The van der Waals surface area contributed by atoms with Crippen LogP contribution in [-0.4, -0.2) is 26.5 Å². The summed E-state index contributed by atoms with van der Waals surface area (Å²) in [5, 5.41) is 3.07. The molecule has 0 aliphatic heterocycles. The average molecular weight is 306 g/mol. The fourth-order valence-corrected chi connectivity index (χ4v) is 3.38. The van der Waals surface area contributed by atoms with Crippen molar-refractivity contribution in [1.29, 1.82) is 0 Å². The van der Waals surface area contributed by atoms with E-state index in [1.54, 1.807) is 7.05 Å². The molecular weight excluding hydrogens is 286 g/mol. The molecule has 1 heterocycles. The Kier molecular flexibility index (Phi) is 6.03. The molecule has 0 amide bonds. The predicted octanol–water partition coefficient (Wildman–Crippen LogP) is 2.63. The van der Waals surface area contributed by atoms with E-state index in [0.29, 0.717) is 5.82 Å². The second kappa shape index (κ2) is 7.07. The number of anilines is 1. The van der Waals surface area contributed by atoms with Gasteiger partial charge >= 0.3 is 0 Å². The zero-order valence-electron chi connectivity index (χ0n) is 11.4. The molecule has 0 spiro atoms. The van der Waals surface area contributed by atoms with Crippen LogP contribution in [0.15, 0.2) is 17.2 Å². The topological polar surface area (TPSA) is 71.1 Å². The van der Waals surface area contributed by atoms with Crippen molar-refractivity contribution in [3.8, 4) is 0 Å². The van der Waals surface area contributed by atoms with Gasteiger partial charge in [-0.25, -0.2) is 18.1 Å². The molecule has 1 atom stereocenters. The summed E-state index contributed by atoms with van der Waals surface area (Å²) < 4.78 is 27.1. The highest BCUT2D eigenvalue weighted by Gasteiger charge is 2.20. The zero-order valence-corrected chi connectivity index (χ0v) is 13.0. The number of pyridine rings is 1. The molecule has 0 saturated heterocycles. The molecule has 5 nitrogen and oxygen atoms in total. The SMILES string of the molecule is CCCC(CC)NS(=O)(=O)c1cnc(NC)c(Cl)c1. The molecule has 1 aromatic rings. The summed E-state index contributed by atoms with van der Waals surface area (Å²) >= 11 is 5.95. The van der Waals surface area contributed by atoms with E-state index in [-0.39, 0.29) is 16.0 Å². The second-order valence-electron chi connectivity index (χ2n) is 4.27. The normalized spacial score (nSPS) is 13.3. The summed E-state index contributed by atoms with van der Waals surface area (Å²) in [4.78, 5) is 4.07. The van der Waals surface area contributed by atoms with Crippen molar-refractivity contribution in [1.82, 2.24) is 9.71 Å². The van der Waals surface area contributed by atoms with Gasteiger partial charge in [-0.1, -0.05) is 31.9 Å². The first kappa shape index (κ1) is 16.2. The van der Waals surface area contributed by atoms with Gasteiger partial charge in [-0.15, -0.1) is 0 Å². The summed E-state index contributed by atoms with van der Waals surface area (Å²) in [6, 6.07) is 1.35. The molecule has 108 valence electrons. The molecule has 0 bridgehead atoms. The van der Waals surface area contributed by atoms with Crippen LogP contribution >= 0.6 is 11.6 Å². The monoisotopic (exact) mass is 305 g/mol. The highest BCUT2D eigenvalue weighted by atomic mass is 35.5.